The summed E-state index contributed by atoms with van der Waals surface area (Å²) in [5.74, 6) is -8.57. The summed E-state index contributed by atoms with van der Waals surface area (Å²) in [5, 5.41) is 53.1. The Kier molecular flexibility index (Phi) is 86.7. The molecular formula is C104H184N8O29. The SMILES string of the molecule is CC(=O)[C@H](CCCCNC(=O)[C@@H](N)CCCCCC(=O)COCCOCCNC(=O)COCCOCCCC(=O)CC[C@H](NC(=O)CCCCCCCCCCCCCCCCC(=O)O)C(=O)O)CC(=O)[C@H](CCCCNC(=O)[C@@H](N)CCCCNC(=O)COCCOCCCC(=O)COCCOCCNC(=O)CC[C@H](CC(=O)CCCCCCCCCCCCCCC(=O)O)C(=O)O)CC(=O)C(C)(C)C. The van der Waals surface area contributed by atoms with E-state index >= 15 is 0 Å². The lowest BCUT2D eigenvalue weighted by atomic mass is 9.79. The van der Waals surface area contributed by atoms with Crippen molar-refractivity contribution >= 4 is 99.8 Å². The summed E-state index contributed by atoms with van der Waals surface area (Å²) in [7, 11) is 0. The summed E-state index contributed by atoms with van der Waals surface area (Å²) < 4.78 is 43.6. The van der Waals surface area contributed by atoms with Crippen LogP contribution in [-0.2, 0) is 119 Å². The van der Waals surface area contributed by atoms with Gasteiger partial charge < -0.3 is 102 Å². The lowest BCUT2D eigenvalue weighted by molar-refractivity contribution is -0.144. The third-order valence-corrected chi connectivity index (χ3v) is 24.3. The second-order valence-electron chi connectivity index (χ2n) is 38.3. The van der Waals surface area contributed by atoms with Crippen LogP contribution in [-0.4, -0.2) is 277 Å². The van der Waals surface area contributed by atoms with Crippen LogP contribution >= 0.6 is 0 Å². The number of carbonyl (C=O) groups excluding carboxylic acids is 13. The molecule has 0 aliphatic carbocycles. The first-order valence-electron chi connectivity index (χ1n) is 53.0. The van der Waals surface area contributed by atoms with Gasteiger partial charge in [-0.05, 0) is 116 Å². The summed E-state index contributed by atoms with van der Waals surface area (Å²) >= 11 is 0. The molecule has 141 heavy (non-hydrogen) atoms. The van der Waals surface area contributed by atoms with Crippen LogP contribution in [0, 0.1) is 23.2 Å². The van der Waals surface area contributed by atoms with Crippen LogP contribution in [0.25, 0.3) is 0 Å². The number of hydrogen-bond donors (Lipinski definition) is 12. The molecule has 0 aromatic heterocycles. The number of carboxylic acids is 4. The van der Waals surface area contributed by atoms with E-state index < -0.39 is 65.2 Å². The van der Waals surface area contributed by atoms with Crippen LogP contribution in [0.1, 0.15) is 381 Å². The molecule has 6 atom stereocenters. The number of Topliss-reactive ketones (excluding diaryl/α,β-unsaturated/α-hetero) is 7. The highest BCUT2D eigenvalue weighted by molar-refractivity contribution is 5.93. The van der Waals surface area contributed by atoms with Crippen LogP contribution in [0.5, 0.6) is 0 Å². The smallest absolute Gasteiger partial charge is 0.326 e. The number of amides is 6. The van der Waals surface area contributed by atoms with E-state index in [0.717, 1.165) is 122 Å². The van der Waals surface area contributed by atoms with Gasteiger partial charge in [-0.2, -0.15) is 0 Å². The zero-order valence-corrected chi connectivity index (χ0v) is 86.4. The Morgan fingerprint density at radius 3 is 1.02 bits per heavy atom. The average Bonchev–Trinajstić information content (AvgIpc) is 0.866. The van der Waals surface area contributed by atoms with Crippen molar-refractivity contribution in [3.05, 3.63) is 0 Å². The highest BCUT2D eigenvalue weighted by Crippen LogP contribution is 2.28. The number of ether oxygens (including phenoxy) is 8. The van der Waals surface area contributed by atoms with E-state index in [1.165, 1.54) is 45.4 Å². The van der Waals surface area contributed by atoms with Gasteiger partial charge in [0.25, 0.3) is 0 Å². The van der Waals surface area contributed by atoms with E-state index in [1.54, 1.807) is 20.8 Å². The van der Waals surface area contributed by atoms with Gasteiger partial charge in [0.1, 0.15) is 61.4 Å². The van der Waals surface area contributed by atoms with Crippen LogP contribution in [0.15, 0.2) is 0 Å². The normalized spacial score (nSPS) is 12.7. The number of nitrogens with two attached hydrogens (primary N) is 2. The second-order valence-corrected chi connectivity index (χ2v) is 38.3. The summed E-state index contributed by atoms with van der Waals surface area (Å²) in [6.07, 6.45) is 36.7. The molecule has 0 aliphatic rings. The van der Waals surface area contributed by atoms with Gasteiger partial charge in [0.05, 0.1) is 84.1 Å². The van der Waals surface area contributed by atoms with Crippen LogP contribution < -0.4 is 43.4 Å². The molecule has 0 heterocycles. The molecular weight excluding hydrogens is 1830 g/mol. The Morgan fingerprint density at radius 1 is 0.262 bits per heavy atom. The predicted molar refractivity (Wildman–Crippen MR) is 535 cm³/mol. The molecule has 37 heteroatoms. The minimum absolute atomic E-state index is 0.00710. The third-order valence-electron chi connectivity index (χ3n) is 24.3. The second kappa shape index (κ2) is 91.9. The van der Waals surface area contributed by atoms with E-state index in [9.17, 15) is 91.7 Å². The van der Waals surface area contributed by atoms with Crippen molar-refractivity contribution < 1.29 is 140 Å². The molecule has 0 aromatic rings. The zero-order valence-electron chi connectivity index (χ0n) is 86.4. The highest BCUT2D eigenvalue weighted by Gasteiger charge is 2.31. The van der Waals surface area contributed by atoms with E-state index in [-0.39, 0.29) is 265 Å². The topological polar surface area (TPSA) is 569 Å². The van der Waals surface area contributed by atoms with Crippen molar-refractivity contribution in [3.8, 4) is 0 Å². The number of ketones is 7. The summed E-state index contributed by atoms with van der Waals surface area (Å²) in [6, 6.07) is -2.65. The molecule has 0 bridgehead atoms. The van der Waals surface area contributed by atoms with Crippen molar-refractivity contribution in [1.29, 1.82) is 0 Å². The van der Waals surface area contributed by atoms with E-state index in [0.29, 0.717) is 142 Å². The van der Waals surface area contributed by atoms with Gasteiger partial charge in [0, 0.05) is 140 Å². The molecule has 0 rings (SSSR count). The largest absolute Gasteiger partial charge is 0.481 e. The maximum Gasteiger partial charge on any atom is 0.326 e. The lowest BCUT2D eigenvalue weighted by Crippen LogP contribution is -2.41. The van der Waals surface area contributed by atoms with Gasteiger partial charge in [0.15, 0.2) is 11.6 Å². The van der Waals surface area contributed by atoms with Gasteiger partial charge >= 0.3 is 23.9 Å². The Balaban J connectivity index is 4.12. The van der Waals surface area contributed by atoms with Crippen molar-refractivity contribution in [2.24, 2.45) is 34.6 Å². The number of unbranched alkanes of at least 4 members (excludes halogenated alkanes) is 29. The number of rotatable bonds is 106. The number of aliphatic carboxylic acids is 4. The summed E-state index contributed by atoms with van der Waals surface area (Å²) in [5.41, 5.74) is 11.7. The minimum Gasteiger partial charge on any atom is -0.481 e. The molecule has 0 spiro atoms. The molecule has 0 aromatic carbocycles. The monoisotopic (exact) mass is 2010 g/mol. The summed E-state index contributed by atoms with van der Waals surface area (Å²) in [4.78, 5) is 209. The first kappa shape index (κ1) is 133. The molecule has 14 N–H and O–H groups in total. The lowest BCUT2D eigenvalue weighted by Gasteiger charge is -2.23. The maximum atomic E-state index is 13.9. The standard InChI is InChI=1S/C104H184N8O29/c1-81(113)82(42-34-37-58-110-100(128)89(105)48-30-27-29-45-87(116)77-138-70-69-137-65-61-109-97(123)80-141-73-66-134-62-40-46-85(114)54-55-91(103(132)133)112-95(121)50-31-24-20-16-12-7-5-6-8-13-17-21-25-32-51-98(124)125)75-92(118)83(76-93(119)104(2,3)4)43-35-38-59-111-101(129)90(106)49-36-39-57-107-96(122)79-140-72-67-135-63-41-47-88(117)78-139-71-68-136-64-60-108-94(120)56-53-84(102(130)131)74-86(115)44-28-23-19-15-11-9-10-14-18-22-26-33-52-99(126)127/h82-84,89-91H,5-80,105-106H2,1-4H3,(H,107,122)(H,108,120)(H,109,123)(H,110,128)(H,111,129)(H,112,121)(H,124,125)(H,126,127)(H,130,131)(H,132,133)/t82-,83-,84-,89+,90+,91+/m1/s1. The molecule has 0 fully saturated rings. The first-order chi connectivity index (χ1) is 67.7. The van der Waals surface area contributed by atoms with Gasteiger partial charge in [-0.25, -0.2) is 4.79 Å². The molecule has 37 nitrogen and oxygen atoms in total. The molecule has 814 valence electrons. The van der Waals surface area contributed by atoms with Crippen LogP contribution in [0.4, 0.5) is 0 Å². The van der Waals surface area contributed by atoms with E-state index in [2.05, 4.69) is 31.9 Å². The molecule has 0 saturated heterocycles. The Labute approximate surface area is 839 Å². The van der Waals surface area contributed by atoms with Crippen molar-refractivity contribution in [3.63, 3.8) is 0 Å². The van der Waals surface area contributed by atoms with Crippen molar-refractivity contribution in [1.82, 2.24) is 31.9 Å². The number of carbonyl (C=O) groups is 17. The number of carboxylic acid groups (broad SMARTS) is 4. The van der Waals surface area contributed by atoms with Gasteiger partial charge in [-0.3, -0.25) is 76.7 Å². The molecule has 6 amide bonds. The van der Waals surface area contributed by atoms with E-state index in [4.69, 9.17) is 59.6 Å². The third kappa shape index (κ3) is 87.1. The van der Waals surface area contributed by atoms with Crippen LogP contribution in [0.3, 0.4) is 0 Å². The molecule has 0 unspecified atom stereocenters. The molecule has 0 radical (unpaired) electrons. The molecule has 0 aliphatic heterocycles. The average molecular weight is 2010 g/mol. The molecule has 0 saturated carbocycles. The fourth-order valence-corrected chi connectivity index (χ4v) is 15.5. The van der Waals surface area contributed by atoms with Gasteiger partial charge in [-0.1, -0.05) is 188 Å². The van der Waals surface area contributed by atoms with E-state index in [1.807, 2.05) is 0 Å². The fourth-order valence-electron chi connectivity index (χ4n) is 15.5. The van der Waals surface area contributed by atoms with Gasteiger partial charge in [0.2, 0.25) is 35.4 Å². The Bertz CT molecular complexity index is 3420. The number of nitrogens with one attached hydrogen (secondary N) is 6. The Hall–Kier alpha value is -8.01. The van der Waals surface area contributed by atoms with Crippen molar-refractivity contribution in [2.45, 2.75) is 399 Å². The van der Waals surface area contributed by atoms with Crippen molar-refractivity contribution in [2.75, 3.05) is 138 Å². The minimum atomic E-state index is -1.18. The number of hydrogen-bond acceptors (Lipinski definition) is 27. The Morgan fingerprint density at radius 2 is 0.603 bits per heavy atom. The summed E-state index contributed by atoms with van der Waals surface area (Å²) in [6.45, 7) is 10.3. The maximum absolute atomic E-state index is 13.9. The van der Waals surface area contributed by atoms with Gasteiger partial charge in [-0.15, -0.1) is 0 Å². The predicted octanol–water partition coefficient (Wildman–Crippen LogP) is 12.5. The van der Waals surface area contributed by atoms with Crippen LogP contribution in [0.2, 0.25) is 0 Å². The highest BCUT2D eigenvalue weighted by atomic mass is 16.5. The fraction of sp³-hybridized carbons (Fsp3) is 0.837. The zero-order chi connectivity index (χ0) is 104. The quantitative estimate of drug-likeness (QED) is 0.0252. The first-order valence-corrected chi connectivity index (χ1v) is 53.0.